The van der Waals surface area contributed by atoms with Crippen molar-refractivity contribution in [2.24, 2.45) is 5.14 Å². The Morgan fingerprint density at radius 1 is 1.42 bits per heavy atom. The number of nitrogens with two attached hydrogens (primary N) is 1. The second-order valence-corrected chi connectivity index (χ2v) is 5.33. The highest BCUT2D eigenvalue weighted by Gasteiger charge is 2.20. The van der Waals surface area contributed by atoms with Crippen LogP contribution in [0.4, 0.5) is 5.69 Å². The van der Waals surface area contributed by atoms with Gasteiger partial charge in [0.1, 0.15) is 4.90 Å². The van der Waals surface area contributed by atoms with E-state index in [-0.39, 0.29) is 17.3 Å². The molecular formula is C10H11ClN2O5S. The maximum Gasteiger partial charge on any atom is 0.397 e. The molecule has 0 radical (unpaired) electrons. The van der Waals surface area contributed by atoms with Crippen LogP contribution in [0.2, 0.25) is 5.02 Å². The number of rotatable bonds is 3. The molecule has 9 heteroatoms. The predicted molar refractivity (Wildman–Crippen MR) is 68.1 cm³/mol. The van der Waals surface area contributed by atoms with Crippen LogP contribution >= 0.6 is 11.6 Å². The highest BCUT2D eigenvalue weighted by Crippen LogP contribution is 2.24. The number of carbonyl (C=O) groups is 2. The smallest absolute Gasteiger partial charge is 0.397 e. The summed E-state index contributed by atoms with van der Waals surface area (Å²) in [5.74, 6) is -2.23. The molecule has 0 heterocycles. The summed E-state index contributed by atoms with van der Waals surface area (Å²) in [6, 6.07) is 3.63. The minimum absolute atomic E-state index is 0.0227. The Kier molecular flexibility index (Phi) is 4.87. The van der Waals surface area contributed by atoms with Gasteiger partial charge in [0.05, 0.1) is 12.3 Å². The van der Waals surface area contributed by atoms with Crippen LogP contribution in [0.15, 0.2) is 23.1 Å². The molecule has 19 heavy (non-hydrogen) atoms. The average Bonchev–Trinajstić information content (AvgIpc) is 2.30. The number of benzene rings is 1. The number of hydrogen-bond donors (Lipinski definition) is 2. The molecule has 0 aliphatic heterocycles. The Morgan fingerprint density at radius 2 is 2.05 bits per heavy atom. The fourth-order valence-electron chi connectivity index (χ4n) is 1.20. The van der Waals surface area contributed by atoms with Crippen LogP contribution < -0.4 is 10.5 Å². The number of hydrogen-bond acceptors (Lipinski definition) is 5. The molecule has 0 atom stereocenters. The van der Waals surface area contributed by atoms with E-state index in [4.69, 9.17) is 16.7 Å². The molecule has 0 saturated heterocycles. The van der Waals surface area contributed by atoms with E-state index >= 15 is 0 Å². The van der Waals surface area contributed by atoms with Gasteiger partial charge in [0.15, 0.2) is 0 Å². The molecule has 0 spiro atoms. The Balaban J connectivity index is 3.09. The lowest BCUT2D eigenvalue weighted by molar-refractivity contribution is -0.152. The Hall–Kier alpha value is -1.64. The van der Waals surface area contributed by atoms with E-state index in [1.54, 1.807) is 0 Å². The minimum Gasteiger partial charge on any atom is -0.459 e. The summed E-state index contributed by atoms with van der Waals surface area (Å²) in [7, 11) is -4.09. The van der Waals surface area contributed by atoms with Crippen molar-refractivity contribution >= 4 is 39.2 Å². The molecule has 0 saturated carbocycles. The number of nitrogens with one attached hydrogen (secondary N) is 1. The molecule has 7 nitrogen and oxygen atoms in total. The molecule has 1 aromatic carbocycles. The number of sulfonamides is 1. The standard InChI is InChI=1S/C10H11ClN2O5S/c1-2-18-10(15)9(14)13-7-4-3-6(11)5-8(7)19(12,16)17/h3-5H,2H2,1H3,(H,13,14)(H2,12,16,17). The first kappa shape index (κ1) is 15.4. The summed E-state index contributed by atoms with van der Waals surface area (Å²) in [4.78, 5) is 22.2. The predicted octanol–water partition coefficient (Wildman–Crippen LogP) is 0.489. The van der Waals surface area contributed by atoms with E-state index in [0.29, 0.717) is 0 Å². The number of anilines is 1. The van der Waals surface area contributed by atoms with Crippen LogP contribution in [-0.4, -0.2) is 26.9 Å². The zero-order valence-electron chi connectivity index (χ0n) is 9.84. The van der Waals surface area contributed by atoms with Crippen molar-refractivity contribution < 1.29 is 22.7 Å². The van der Waals surface area contributed by atoms with Crippen LogP contribution in [0.1, 0.15) is 6.92 Å². The van der Waals surface area contributed by atoms with Gasteiger partial charge in [-0.2, -0.15) is 0 Å². The van der Waals surface area contributed by atoms with E-state index in [9.17, 15) is 18.0 Å². The average molecular weight is 307 g/mol. The second-order valence-electron chi connectivity index (χ2n) is 3.36. The molecule has 1 rings (SSSR count). The van der Waals surface area contributed by atoms with E-state index in [2.05, 4.69) is 10.1 Å². The number of primary sulfonamides is 1. The lowest BCUT2D eigenvalue weighted by Crippen LogP contribution is -2.26. The largest absolute Gasteiger partial charge is 0.459 e. The normalized spacial score (nSPS) is 10.9. The molecule has 104 valence electrons. The van der Waals surface area contributed by atoms with Crippen LogP contribution in [-0.2, 0) is 24.3 Å². The molecule has 0 aliphatic rings. The number of amides is 1. The second kappa shape index (κ2) is 6.00. The topological polar surface area (TPSA) is 116 Å². The van der Waals surface area contributed by atoms with Gasteiger partial charge in [-0.25, -0.2) is 18.4 Å². The van der Waals surface area contributed by atoms with Gasteiger partial charge in [0.2, 0.25) is 10.0 Å². The van der Waals surface area contributed by atoms with Crippen molar-refractivity contribution in [3.63, 3.8) is 0 Å². The lowest BCUT2D eigenvalue weighted by Gasteiger charge is -2.09. The lowest BCUT2D eigenvalue weighted by atomic mass is 10.3. The summed E-state index contributed by atoms with van der Waals surface area (Å²) in [5.41, 5.74) is -0.148. The van der Waals surface area contributed by atoms with Crippen molar-refractivity contribution in [2.45, 2.75) is 11.8 Å². The van der Waals surface area contributed by atoms with Gasteiger partial charge in [0.25, 0.3) is 0 Å². The minimum atomic E-state index is -4.09. The van der Waals surface area contributed by atoms with Gasteiger partial charge >= 0.3 is 11.9 Å². The van der Waals surface area contributed by atoms with E-state index in [1.165, 1.54) is 19.1 Å². The van der Waals surface area contributed by atoms with E-state index in [1.807, 2.05) is 0 Å². The van der Waals surface area contributed by atoms with Gasteiger partial charge in [-0.3, -0.25) is 4.79 Å². The zero-order chi connectivity index (χ0) is 14.6. The van der Waals surface area contributed by atoms with E-state index < -0.39 is 26.8 Å². The fraction of sp³-hybridized carbons (Fsp3) is 0.200. The fourth-order valence-corrected chi connectivity index (χ4v) is 2.16. The van der Waals surface area contributed by atoms with Crippen LogP contribution in [0.25, 0.3) is 0 Å². The van der Waals surface area contributed by atoms with Crippen molar-refractivity contribution in [3.8, 4) is 0 Å². The molecule has 0 aromatic heterocycles. The Morgan fingerprint density at radius 3 is 2.58 bits per heavy atom. The monoisotopic (exact) mass is 306 g/mol. The first-order chi connectivity index (χ1) is 8.75. The zero-order valence-corrected chi connectivity index (χ0v) is 11.4. The summed E-state index contributed by atoms with van der Waals surface area (Å²) in [5, 5.41) is 7.20. The van der Waals surface area contributed by atoms with Crippen molar-refractivity contribution in [1.29, 1.82) is 0 Å². The molecule has 0 aliphatic carbocycles. The summed E-state index contributed by atoms with van der Waals surface area (Å²) < 4.78 is 27.1. The third-order valence-electron chi connectivity index (χ3n) is 1.96. The van der Waals surface area contributed by atoms with Gasteiger partial charge in [-0.1, -0.05) is 11.6 Å². The van der Waals surface area contributed by atoms with Crippen molar-refractivity contribution in [1.82, 2.24) is 0 Å². The van der Waals surface area contributed by atoms with Crippen LogP contribution in [0.3, 0.4) is 0 Å². The Bertz CT molecular complexity index is 614. The SMILES string of the molecule is CCOC(=O)C(=O)Nc1ccc(Cl)cc1S(N)(=O)=O. The maximum absolute atomic E-state index is 11.4. The quantitative estimate of drug-likeness (QED) is 0.623. The molecule has 0 unspecified atom stereocenters. The number of carbonyl (C=O) groups excluding carboxylic acids is 2. The van der Waals surface area contributed by atoms with Gasteiger partial charge < -0.3 is 10.1 Å². The number of ether oxygens (including phenoxy) is 1. The van der Waals surface area contributed by atoms with Gasteiger partial charge in [-0.15, -0.1) is 0 Å². The molecule has 3 N–H and O–H groups in total. The molecule has 1 amide bonds. The summed E-state index contributed by atoms with van der Waals surface area (Å²) in [6.07, 6.45) is 0. The van der Waals surface area contributed by atoms with E-state index in [0.717, 1.165) is 6.07 Å². The third kappa shape index (κ3) is 4.19. The number of halogens is 1. The van der Waals surface area contributed by atoms with Crippen LogP contribution in [0.5, 0.6) is 0 Å². The molecule has 0 bridgehead atoms. The van der Waals surface area contributed by atoms with Gasteiger partial charge in [-0.05, 0) is 25.1 Å². The highest BCUT2D eigenvalue weighted by molar-refractivity contribution is 7.89. The third-order valence-corrected chi connectivity index (χ3v) is 3.15. The van der Waals surface area contributed by atoms with Crippen molar-refractivity contribution in [2.75, 3.05) is 11.9 Å². The maximum atomic E-state index is 11.4. The Labute approximate surface area is 114 Å². The highest BCUT2D eigenvalue weighted by atomic mass is 35.5. The van der Waals surface area contributed by atoms with Crippen LogP contribution in [0, 0.1) is 0 Å². The molecule has 1 aromatic rings. The van der Waals surface area contributed by atoms with Gasteiger partial charge in [0, 0.05) is 5.02 Å². The summed E-state index contributed by atoms with van der Waals surface area (Å²) in [6.45, 7) is 1.55. The number of esters is 1. The van der Waals surface area contributed by atoms with Crippen molar-refractivity contribution in [3.05, 3.63) is 23.2 Å². The summed E-state index contributed by atoms with van der Waals surface area (Å²) >= 11 is 5.65. The molecular weight excluding hydrogens is 296 g/mol. The molecule has 0 fully saturated rings. The first-order valence-corrected chi connectivity index (χ1v) is 6.98. The first-order valence-electron chi connectivity index (χ1n) is 5.06.